The monoisotopic (exact) mass is 672 g/mol. The summed E-state index contributed by atoms with van der Waals surface area (Å²) in [5.41, 5.74) is 4.23. The van der Waals surface area contributed by atoms with Gasteiger partial charge in [0.05, 0.1) is 20.1 Å². The minimum atomic E-state index is 0.0827. The number of ether oxygens (including phenoxy) is 2. The Morgan fingerprint density at radius 2 is 1.64 bits per heavy atom. The third-order valence-corrected chi connectivity index (χ3v) is 10.1. The van der Waals surface area contributed by atoms with Gasteiger partial charge in [0.25, 0.3) is 0 Å². The third kappa shape index (κ3) is 7.35. The van der Waals surface area contributed by atoms with E-state index in [1.54, 1.807) is 6.07 Å². The fourth-order valence-corrected chi connectivity index (χ4v) is 7.49. The molecule has 1 saturated carbocycles. The van der Waals surface area contributed by atoms with Gasteiger partial charge in [-0.05, 0) is 85.2 Å². The second-order valence-electron chi connectivity index (χ2n) is 12.0. The van der Waals surface area contributed by atoms with Gasteiger partial charge in [-0.25, -0.2) is 0 Å². The molecule has 1 saturated heterocycles. The molecule has 9 heteroatoms. The molecule has 0 radical (unpaired) electrons. The van der Waals surface area contributed by atoms with Crippen molar-refractivity contribution >= 4 is 57.9 Å². The Balaban J connectivity index is 1.12. The summed E-state index contributed by atoms with van der Waals surface area (Å²) in [5.74, 6) is 1.47. The maximum Gasteiger partial charge on any atom is 0.223 e. The van der Waals surface area contributed by atoms with E-state index in [0.29, 0.717) is 58.1 Å². The Morgan fingerprint density at radius 3 is 2.36 bits per heavy atom. The molecule has 0 spiro atoms. The van der Waals surface area contributed by atoms with Gasteiger partial charge in [0.15, 0.2) is 5.75 Å². The highest BCUT2D eigenvalue weighted by atomic mass is 35.5. The van der Waals surface area contributed by atoms with E-state index in [1.807, 2.05) is 48.2 Å². The van der Waals surface area contributed by atoms with E-state index in [1.165, 1.54) is 5.57 Å². The molecule has 0 aromatic heterocycles. The van der Waals surface area contributed by atoms with Crippen LogP contribution in [0.1, 0.15) is 55.2 Å². The average Bonchev–Trinajstić information content (AvgIpc) is 3.84. The zero-order chi connectivity index (χ0) is 30.8. The van der Waals surface area contributed by atoms with Crippen LogP contribution >= 0.6 is 46.4 Å². The molecule has 1 aliphatic carbocycles. The maximum atomic E-state index is 13.9. The number of piperidine rings is 1. The van der Waals surface area contributed by atoms with Crippen LogP contribution in [0.25, 0.3) is 5.57 Å². The molecule has 2 fully saturated rings. The van der Waals surface area contributed by atoms with Crippen LogP contribution < -0.4 is 14.8 Å². The van der Waals surface area contributed by atoms with E-state index in [2.05, 4.69) is 23.5 Å². The fourth-order valence-electron chi connectivity index (χ4n) is 6.41. The fraction of sp³-hybridized carbons (Fsp3) is 0.400. The van der Waals surface area contributed by atoms with Crippen molar-refractivity contribution in [3.05, 3.63) is 97.5 Å². The third-order valence-electron chi connectivity index (χ3n) is 8.73. The van der Waals surface area contributed by atoms with Crippen molar-refractivity contribution in [3.63, 3.8) is 0 Å². The lowest BCUT2D eigenvalue weighted by Gasteiger charge is -2.42. The Morgan fingerprint density at radius 1 is 0.909 bits per heavy atom. The SMILES string of the molecule is Cc1cc(Cl)c(OCCOc2ccc(C3=C[C@@H]4CCC[C@@H](N4)[C@H]3CC(=O)N(Cc3cccc(Cl)c3Cl)C3CC3)cc2)c(Cl)c1. The van der Waals surface area contributed by atoms with Crippen molar-refractivity contribution in [1.82, 2.24) is 10.2 Å². The minimum absolute atomic E-state index is 0.0827. The second kappa shape index (κ2) is 13.9. The zero-order valence-electron chi connectivity index (χ0n) is 24.6. The van der Waals surface area contributed by atoms with Crippen LogP contribution in [-0.2, 0) is 11.3 Å². The zero-order valence-corrected chi connectivity index (χ0v) is 27.7. The molecule has 2 aliphatic heterocycles. The van der Waals surface area contributed by atoms with Crippen LogP contribution in [-0.4, -0.2) is 42.1 Å². The summed E-state index contributed by atoms with van der Waals surface area (Å²) >= 11 is 25.4. The van der Waals surface area contributed by atoms with Gasteiger partial charge in [-0.2, -0.15) is 0 Å². The first kappa shape index (κ1) is 31.6. The van der Waals surface area contributed by atoms with Crippen molar-refractivity contribution < 1.29 is 14.3 Å². The van der Waals surface area contributed by atoms with Crippen LogP contribution in [0.4, 0.5) is 0 Å². The van der Waals surface area contributed by atoms with Crippen LogP contribution in [0.2, 0.25) is 20.1 Å². The predicted octanol–water partition coefficient (Wildman–Crippen LogP) is 9.17. The summed E-state index contributed by atoms with van der Waals surface area (Å²) in [5, 5.41) is 5.80. The standard InChI is InChI=1S/C35H36Cl4N2O3/c1-21-16-30(37)35(31(38)17-21)44-15-14-43-26-12-8-22(9-13-26)27-18-24-5-3-7-32(40-24)28(27)19-33(42)41(25-10-11-25)20-23-4-2-6-29(36)34(23)39/h2,4,6,8-9,12-13,16-18,24-25,28,32,40H,3,5,7,10-11,14-15,19-20H2,1H3/t24-,28-,32+/m0/s1. The number of hydrogen-bond donors (Lipinski definition) is 1. The number of benzene rings is 3. The molecule has 6 rings (SSSR count). The van der Waals surface area contributed by atoms with E-state index >= 15 is 0 Å². The van der Waals surface area contributed by atoms with E-state index in [0.717, 1.165) is 54.5 Å². The highest BCUT2D eigenvalue weighted by molar-refractivity contribution is 6.42. The minimum Gasteiger partial charge on any atom is -0.490 e. The summed E-state index contributed by atoms with van der Waals surface area (Å²) in [7, 11) is 0. The van der Waals surface area contributed by atoms with Gasteiger partial charge in [0.2, 0.25) is 5.91 Å². The molecule has 3 aromatic carbocycles. The highest BCUT2D eigenvalue weighted by Crippen LogP contribution is 2.40. The van der Waals surface area contributed by atoms with Crippen LogP contribution in [0, 0.1) is 12.8 Å². The number of hydrogen-bond acceptors (Lipinski definition) is 4. The number of aryl methyl sites for hydroxylation is 1. The topological polar surface area (TPSA) is 50.8 Å². The molecule has 2 heterocycles. The Kier molecular flexibility index (Phi) is 9.99. The molecule has 0 unspecified atom stereocenters. The number of amides is 1. The molecular weight excluding hydrogens is 638 g/mol. The average molecular weight is 674 g/mol. The molecule has 3 aromatic rings. The lowest BCUT2D eigenvalue weighted by molar-refractivity contribution is -0.133. The molecule has 2 bridgehead atoms. The first-order chi connectivity index (χ1) is 21.3. The number of nitrogens with zero attached hydrogens (tertiary/aromatic N) is 1. The molecule has 3 aliphatic rings. The summed E-state index contributed by atoms with van der Waals surface area (Å²) in [4.78, 5) is 16.0. The summed E-state index contributed by atoms with van der Waals surface area (Å²) < 4.78 is 11.7. The number of halogens is 4. The lowest BCUT2D eigenvalue weighted by Crippen LogP contribution is -2.50. The lowest BCUT2D eigenvalue weighted by atomic mass is 9.75. The van der Waals surface area contributed by atoms with E-state index in [9.17, 15) is 4.79 Å². The van der Waals surface area contributed by atoms with Crippen molar-refractivity contribution in [1.29, 1.82) is 0 Å². The number of nitrogens with one attached hydrogen (secondary N) is 1. The maximum absolute atomic E-state index is 13.9. The molecule has 44 heavy (non-hydrogen) atoms. The smallest absolute Gasteiger partial charge is 0.223 e. The van der Waals surface area contributed by atoms with Gasteiger partial charge in [-0.3, -0.25) is 4.79 Å². The van der Waals surface area contributed by atoms with Gasteiger partial charge in [0.1, 0.15) is 19.0 Å². The van der Waals surface area contributed by atoms with E-state index in [4.69, 9.17) is 55.9 Å². The summed E-state index contributed by atoms with van der Waals surface area (Å²) in [6.07, 6.45) is 8.17. The summed E-state index contributed by atoms with van der Waals surface area (Å²) in [6.45, 7) is 3.07. The van der Waals surface area contributed by atoms with E-state index in [-0.39, 0.29) is 23.9 Å². The Bertz CT molecular complexity index is 1520. The normalized spacial score (nSPS) is 21.0. The second-order valence-corrected chi connectivity index (χ2v) is 13.6. The molecule has 1 amide bonds. The first-order valence-corrected chi connectivity index (χ1v) is 16.8. The highest BCUT2D eigenvalue weighted by Gasteiger charge is 2.39. The Labute approximate surface area is 279 Å². The Hall–Kier alpha value is -2.41. The van der Waals surface area contributed by atoms with Gasteiger partial charge < -0.3 is 19.7 Å². The molecule has 3 atom stereocenters. The largest absolute Gasteiger partial charge is 0.490 e. The van der Waals surface area contributed by atoms with Gasteiger partial charge in [-0.15, -0.1) is 0 Å². The van der Waals surface area contributed by atoms with Gasteiger partial charge in [-0.1, -0.05) is 83.2 Å². The number of rotatable bonds is 11. The van der Waals surface area contributed by atoms with Crippen molar-refractivity contribution in [2.45, 2.75) is 70.1 Å². The molecular formula is C35H36Cl4N2O3. The van der Waals surface area contributed by atoms with Crippen LogP contribution in [0.3, 0.4) is 0 Å². The number of fused-ring (bicyclic) bond motifs is 2. The van der Waals surface area contributed by atoms with E-state index < -0.39 is 0 Å². The number of carbonyl (C=O) groups is 1. The van der Waals surface area contributed by atoms with Gasteiger partial charge in [0, 0.05) is 37.0 Å². The molecule has 5 nitrogen and oxygen atoms in total. The predicted molar refractivity (Wildman–Crippen MR) is 179 cm³/mol. The van der Waals surface area contributed by atoms with Gasteiger partial charge >= 0.3 is 0 Å². The van der Waals surface area contributed by atoms with Crippen molar-refractivity contribution in [2.75, 3.05) is 13.2 Å². The quantitative estimate of drug-likeness (QED) is 0.206. The molecule has 232 valence electrons. The van der Waals surface area contributed by atoms with Crippen molar-refractivity contribution in [2.24, 2.45) is 5.92 Å². The van der Waals surface area contributed by atoms with Crippen LogP contribution in [0.15, 0.2) is 60.7 Å². The van der Waals surface area contributed by atoms with Crippen molar-refractivity contribution in [3.8, 4) is 11.5 Å². The first-order valence-electron chi connectivity index (χ1n) is 15.3. The van der Waals surface area contributed by atoms with Crippen LogP contribution in [0.5, 0.6) is 11.5 Å². The number of carbonyl (C=O) groups excluding carboxylic acids is 1. The summed E-state index contributed by atoms with van der Waals surface area (Å²) in [6, 6.07) is 18.3. The molecule has 1 N–H and O–H groups in total.